The SMILES string of the molecule is O=C(O)c1ccc2c(c1)C(=O)OC2=O.O=C1OC(=O)C2CC=CCC12.OCCOCCO. The van der Waals surface area contributed by atoms with Crippen LogP contribution >= 0.6 is 0 Å². The van der Waals surface area contributed by atoms with Crippen LogP contribution in [0.3, 0.4) is 0 Å². The highest BCUT2D eigenvalue weighted by Crippen LogP contribution is 2.32. The van der Waals surface area contributed by atoms with Gasteiger partial charge in [0.2, 0.25) is 0 Å². The fourth-order valence-electron chi connectivity index (χ4n) is 3.04. The number of ether oxygens (including phenoxy) is 3. The summed E-state index contributed by atoms with van der Waals surface area (Å²) < 4.78 is 13.4. The van der Waals surface area contributed by atoms with E-state index < -0.39 is 17.9 Å². The van der Waals surface area contributed by atoms with Crippen molar-refractivity contribution in [1.29, 1.82) is 0 Å². The lowest BCUT2D eigenvalue weighted by molar-refractivity contribution is -0.153. The molecule has 0 bridgehead atoms. The van der Waals surface area contributed by atoms with Gasteiger partial charge in [0, 0.05) is 0 Å². The highest BCUT2D eigenvalue weighted by atomic mass is 16.6. The minimum atomic E-state index is -1.15. The van der Waals surface area contributed by atoms with Gasteiger partial charge in [-0.05, 0) is 31.0 Å². The molecule has 0 spiro atoms. The largest absolute Gasteiger partial charge is 0.478 e. The lowest BCUT2D eigenvalue weighted by Crippen LogP contribution is -2.18. The summed E-state index contributed by atoms with van der Waals surface area (Å²) in [5.41, 5.74) is 0.0744. The molecule has 11 heteroatoms. The van der Waals surface area contributed by atoms with Crippen molar-refractivity contribution in [1.82, 2.24) is 0 Å². The Labute approximate surface area is 182 Å². The van der Waals surface area contributed by atoms with E-state index in [9.17, 15) is 24.0 Å². The summed E-state index contributed by atoms with van der Waals surface area (Å²) in [7, 11) is 0. The Morgan fingerprint density at radius 3 is 1.91 bits per heavy atom. The molecule has 1 saturated heterocycles. The van der Waals surface area contributed by atoms with Crippen LogP contribution in [0.1, 0.15) is 43.9 Å². The number of esters is 4. The van der Waals surface area contributed by atoms with Crippen LogP contribution in [0.5, 0.6) is 0 Å². The lowest BCUT2D eigenvalue weighted by Gasteiger charge is -2.12. The monoisotopic (exact) mass is 450 g/mol. The molecule has 1 aromatic carbocycles. The van der Waals surface area contributed by atoms with Crippen molar-refractivity contribution in [2.75, 3.05) is 26.4 Å². The van der Waals surface area contributed by atoms with E-state index in [1.165, 1.54) is 12.1 Å². The quantitative estimate of drug-likeness (QED) is 0.244. The number of fused-ring (bicyclic) bond motifs is 2. The molecule has 32 heavy (non-hydrogen) atoms. The molecule has 1 aliphatic carbocycles. The topological polar surface area (TPSA) is 174 Å². The Morgan fingerprint density at radius 1 is 0.875 bits per heavy atom. The summed E-state index contributed by atoms with van der Waals surface area (Å²) >= 11 is 0. The molecule has 2 heterocycles. The average Bonchev–Trinajstić information content (AvgIpc) is 3.24. The number of hydrogen-bond donors (Lipinski definition) is 3. The van der Waals surface area contributed by atoms with Gasteiger partial charge in [0.15, 0.2) is 0 Å². The van der Waals surface area contributed by atoms with Gasteiger partial charge >= 0.3 is 29.8 Å². The second kappa shape index (κ2) is 11.8. The van der Waals surface area contributed by atoms with Crippen LogP contribution in [-0.2, 0) is 23.8 Å². The van der Waals surface area contributed by atoms with Crippen LogP contribution in [0, 0.1) is 11.8 Å². The number of carboxylic acid groups (broad SMARTS) is 1. The number of rotatable bonds is 5. The van der Waals surface area contributed by atoms with Gasteiger partial charge in [-0.15, -0.1) is 0 Å². The number of carbonyl (C=O) groups is 5. The molecule has 4 rings (SSSR count). The molecule has 3 aliphatic rings. The van der Waals surface area contributed by atoms with Crippen LogP contribution in [0.4, 0.5) is 0 Å². The van der Waals surface area contributed by atoms with E-state index >= 15 is 0 Å². The fourth-order valence-corrected chi connectivity index (χ4v) is 3.04. The number of aliphatic hydroxyl groups excluding tert-OH is 2. The van der Waals surface area contributed by atoms with Crippen molar-refractivity contribution in [2.45, 2.75) is 12.8 Å². The molecule has 0 amide bonds. The van der Waals surface area contributed by atoms with E-state index in [1.807, 2.05) is 12.2 Å². The first-order valence-corrected chi connectivity index (χ1v) is 9.64. The molecule has 0 aromatic heterocycles. The molecule has 2 aliphatic heterocycles. The first kappa shape index (κ1) is 24.9. The summed E-state index contributed by atoms with van der Waals surface area (Å²) in [6, 6.07) is 3.65. The highest BCUT2D eigenvalue weighted by molar-refractivity contribution is 6.15. The molecular formula is C21H22O11. The minimum absolute atomic E-state index is 0.00917. The van der Waals surface area contributed by atoms with Gasteiger partial charge in [-0.3, -0.25) is 9.59 Å². The number of benzene rings is 1. The van der Waals surface area contributed by atoms with Gasteiger partial charge in [-0.1, -0.05) is 12.2 Å². The molecule has 3 N–H and O–H groups in total. The van der Waals surface area contributed by atoms with Crippen molar-refractivity contribution < 1.29 is 53.5 Å². The Hall–Kier alpha value is -3.41. The summed E-state index contributed by atoms with van der Waals surface area (Å²) in [5, 5.41) is 24.8. The van der Waals surface area contributed by atoms with Crippen molar-refractivity contribution >= 4 is 29.8 Å². The third kappa shape index (κ3) is 6.30. The Morgan fingerprint density at radius 2 is 1.41 bits per heavy atom. The fraction of sp³-hybridized carbons (Fsp3) is 0.381. The van der Waals surface area contributed by atoms with Crippen LogP contribution in [-0.4, -0.2) is 71.6 Å². The summed E-state index contributed by atoms with van der Waals surface area (Å²) in [6.07, 6.45) is 5.19. The van der Waals surface area contributed by atoms with Crippen LogP contribution in [0.2, 0.25) is 0 Å². The molecule has 0 saturated carbocycles. The van der Waals surface area contributed by atoms with E-state index in [1.54, 1.807) is 0 Å². The number of aromatic carboxylic acids is 1. The van der Waals surface area contributed by atoms with Gasteiger partial charge in [-0.25, -0.2) is 14.4 Å². The predicted octanol–water partition coefficient (Wildman–Crippen LogP) is 0.335. The van der Waals surface area contributed by atoms with E-state index in [4.69, 9.17) is 15.3 Å². The molecule has 172 valence electrons. The predicted molar refractivity (Wildman–Crippen MR) is 105 cm³/mol. The Bertz CT molecular complexity index is 890. The summed E-state index contributed by atoms with van der Waals surface area (Å²) in [5.74, 6) is -3.75. The maximum atomic E-state index is 11.0. The zero-order chi connectivity index (χ0) is 23.7. The smallest absolute Gasteiger partial charge is 0.346 e. The van der Waals surface area contributed by atoms with Crippen LogP contribution in [0.25, 0.3) is 0 Å². The number of cyclic esters (lactones) is 4. The third-order valence-corrected chi connectivity index (χ3v) is 4.60. The molecule has 11 nitrogen and oxygen atoms in total. The molecular weight excluding hydrogens is 428 g/mol. The van der Waals surface area contributed by atoms with Crippen LogP contribution in [0.15, 0.2) is 30.4 Å². The molecule has 1 aromatic rings. The maximum absolute atomic E-state index is 11.0. The summed E-state index contributed by atoms with van der Waals surface area (Å²) in [4.78, 5) is 54.4. The van der Waals surface area contributed by atoms with Crippen LogP contribution < -0.4 is 0 Å². The second-order valence-corrected chi connectivity index (χ2v) is 6.70. The number of carboxylic acids is 1. The van der Waals surface area contributed by atoms with Crippen molar-refractivity contribution in [3.63, 3.8) is 0 Å². The number of hydrogen-bond acceptors (Lipinski definition) is 10. The molecule has 1 fully saturated rings. The van der Waals surface area contributed by atoms with Gasteiger partial charge in [-0.2, -0.15) is 0 Å². The molecule has 2 atom stereocenters. The van der Waals surface area contributed by atoms with Crippen molar-refractivity contribution in [3.8, 4) is 0 Å². The standard InChI is InChI=1S/C9H4O5.C8H8O3.C4H10O3/c10-7(11)4-1-2-5-6(3-4)9(13)14-8(5)12;9-7-5-3-1-2-4-6(5)8(10)11-7;5-1-3-7-4-2-6/h1-3H,(H,10,11);1-2,5-6H,3-4H2;5-6H,1-4H2. The second-order valence-electron chi connectivity index (χ2n) is 6.70. The van der Waals surface area contributed by atoms with Gasteiger partial charge < -0.3 is 29.5 Å². The van der Waals surface area contributed by atoms with Gasteiger partial charge in [0.1, 0.15) is 0 Å². The van der Waals surface area contributed by atoms with E-state index in [0.29, 0.717) is 26.1 Å². The zero-order valence-electron chi connectivity index (χ0n) is 16.9. The number of carbonyl (C=O) groups excluding carboxylic acids is 4. The molecule has 2 unspecified atom stereocenters. The normalized spacial score (nSPS) is 20.2. The average molecular weight is 450 g/mol. The van der Waals surface area contributed by atoms with E-state index in [-0.39, 0.29) is 53.7 Å². The number of allylic oxidation sites excluding steroid dienone is 2. The van der Waals surface area contributed by atoms with Crippen molar-refractivity contribution in [3.05, 3.63) is 47.0 Å². The maximum Gasteiger partial charge on any atom is 0.346 e. The summed E-state index contributed by atoms with van der Waals surface area (Å²) in [6.45, 7) is 0.696. The first-order chi connectivity index (χ1) is 15.3. The lowest BCUT2D eigenvalue weighted by atomic mass is 9.85. The van der Waals surface area contributed by atoms with Crippen molar-refractivity contribution in [2.24, 2.45) is 11.8 Å². The zero-order valence-corrected chi connectivity index (χ0v) is 16.9. The van der Waals surface area contributed by atoms with Gasteiger partial charge in [0.05, 0.1) is 55.0 Å². The van der Waals surface area contributed by atoms with E-state index in [0.717, 1.165) is 6.07 Å². The first-order valence-electron chi connectivity index (χ1n) is 9.64. The van der Waals surface area contributed by atoms with E-state index in [2.05, 4.69) is 14.2 Å². The Balaban J connectivity index is 0.000000181. The number of aliphatic hydroxyl groups is 2. The molecule has 0 radical (unpaired) electrons. The van der Waals surface area contributed by atoms with Gasteiger partial charge in [0.25, 0.3) is 0 Å². The third-order valence-electron chi connectivity index (χ3n) is 4.60. The Kier molecular flexibility index (Phi) is 9.20. The highest BCUT2D eigenvalue weighted by Gasteiger charge is 2.43. The minimum Gasteiger partial charge on any atom is -0.478 e.